The third-order valence-electron chi connectivity index (χ3n) is 4.90. The van der Waals surface area contributed by atoms with Crippen LogP contribution in [0.4, 0.5) is 5.69 Å². The molecule has 1 aromatic carbocycles. The Morgan fingerprint density at radius 1 is 1.29 bits per heavy atom. The Balaban J connectivity index is 2.06. The number of nitrogens with zero attached hydrogens (tertiary/aromatic N) is 2. The molecule has 0 saturated carbocycles. The SMILES string of the molecule is CC1=C(C(=O)O)C(c2cccc([N+](=O)[O-])c2)C(C(=O)O)=C(COC(C)c2ncc[nH]2)N1. The third kappa shape index (κ3) is 4.46. The number of dihydropyridines is 1. The summed E-state index contributed by atoms with van der Waals surface area (Å²) in [4.78, 5) is 41.7. The Kier molecular flexibility index (Phi) is 6.16. The molecule has 162 valence electrons. The first kappa shape index (κ1) is 21.7. The maximum Gasteiger partial charge on any atom is 0.334 e. The number of benzene rings is 1. The number of carboxylic acid groups (broad SMARTS) is 2. The first-order valence-corrected chi connectivity index (χ1v) is 9.23. The molecule has 1 aromatic heterocycles. The number of nitro groups is 1. The zero-order valence-electron chi connectivity index (χ0n) is 16.7. The summed E-state index contributed by atoms with van der Waals surface area (Å²) in [5.41, 5.74) is -0.173. The highest BCUT2D eigenvalue weighted by Crippen LogP contribution is 2.39. The average molecular weight is 428 g/mol. The van der Waals surface area contributed by atoms with Crippen LogP contribution in [-0.4, -0.2) is 43.6 Å². The molecule has 2 heterocycles. The van der Waals surface area contributed by atoms with Gasteiger partial charge in [0.1, 0.15) is 11.9 Å². The van der Waals surface area contributed by atoms with Crippen LogP contribution in [0.3, 0.4) is 0 Å². The molecule has 31 heavy (non-hydrogen) atoms. The van der Waals surface area contributed by atoms with Crippen LogP contribution in [0.1, 0.15) is 37.3 Å². The minimum Gasteiger partial charge on any atom is -0.478 e. The number of ether oxygens (including phenoxy) is 1. The normalized spacial score (nSPS) is 17.3. The molecule has 0 spiro atoms. The number of rotatable bonds is 8. The lowest BCUT2D eigenvalue weighted by molar-refractivity contribution is -0.384. The number of nitrogens with one attached hydrogen (secondary N) is 2. The van der Waals surface area contributed by atoms with Gasteiger partial charge in [-0.3, -0.25) is 10.1 Å². The summed E-state index contributed by atoms with van der Waals surface area (Å²) in [5, 5.41) is 33.7. The molecular formula is C20H20N4O7. The van der Waals surface area contributed by atoms with Crippen LogP contribution in [0.15, 0.2) is 59.2 Å². The van der Waals surface area contributed by atoms with E-state index in [0.29, 0.717) is 5.82 Å². The Morgan fingerprint density at radius 3 is 2.58 bits per heavy atom. The molecule has 11 heteroatoms. The summed E-state index contributed by atoms with van der Waals surface area (Å²) in [5.74, 6) is -3.38. The maximum absolute atomic E-state index is 12.2. The number of aliphatic carboxylic acids is 2. The van der Waals surface area contributed by atoms with Crippen LogP contribution >= 0.6 is 0 Å². The molecule has 0 bridgehead atoms. The van der Waals surface area contributed by atoms with E-state index in [2.05, 4.69) is 15.3 Å². The monoisotopic (exact) mass is 428 g/mol. The van der Waals surface area contributed by atoms with E-state index < -0.39 is 28.9 Å². The number of hydrogen-bond donors (Lipinski definition) is 4. The van der Waals surface area contributed by atoms with Gasteiger partial charge < -0.3 is 25.3 Å². The van der Waals surface area contributed by atoms with E-state index in [0.717, 1.165) is 0 Å². The number of allylic oxidation sites excluding steroid dienone is 1. The Morgan fingerprint density at radius 2 is 2.00 bits per heavy atom. The van der Waals surface area contributed by atoms with E-state index in [4.69, 9.17) is 4.74 Å². The highest BCUT2D eigenvalue weighted by atomic mass is 16.6. The van der Waals surface area contributed by atoms with Crippen molar-refractivity contribution in [3.63, 3.8) is 0 Å². The highest BCUT2D eigenvalue weighted by Gasteiger charge is 2.38. The van der Waals surface area contributed by atoms with Gasteiger partial charge in [0.25, 0.3) is 5.69 Å². The second-order valence-electron chi connectivity index (χ2n) is 6.88. The fourth-order valence-corrected chi connectivity index (χ4v) is 3.48. The van der Waals surface area contributed by atoms with Gasteiger partial charge in [-0.25, -0.2) is 14.6 Å². The Hall–Kier alpha value is -3.99. The predicted molar refractivity (Wildman–Crippen MR) is 107 cm³/mol. The Labute approximate surface area is 176 Å². The third-order valence-corrected chi connectivity index (χ3v) is 4.90. The van der Waals surface area contributed by atoms with Gasteiger partial charge in [-0.1, -0.05) is 12.1 Å². The van der Waals surface area contributed by atoms with Crippen LogP contribution in [0.5, 0.6) is 0 Å². The molecule has 0 saturated heterocycles. The molecule has 0 radical (unpaired) electrons. The molecule has 11 nitrogen and oxygen atoms in total. The van der Waals surface area contributed by atoms with E-state index in [1.165, 1.54) is 31.2 Å². The minimum absolute atomic E-state index is 0.157. The molecule has 4 N–H and O–H groups in total. The standard InChI is InChI=1S/C20H20N4O7/c1-10-15(19(25)26)16(12-4-3-5-13(8-12)24(29)30)17(20(27)28)14(23-10)9-31-11(2)18-21-6-7-22-18/h3-8,11,16,23H,9H2,1-2H3,(H,21,22)(H,25,26)(H,27,28). The molecule has 0 amide bonds. The lowest BCUT2D eigenvalue weighted by Crippen LogP contribution is -2.33. The second kappa shape index (κ2) is 8.79. The van der Waals surface area contributed by atoms with Gasteiger partial charge in [0.2, 0.25) is 0 Å². The van der Waals surface area contributed by atoms with Crippen molar-refractivity contribution in [1.82, 2.24) is 15.3 Å². The number of aromatic amines is 1. The van der Waals surface area contributed by atoms with E-state index in [9.17, 15) is 29.9 Å². The van der Waals surface area contributed by atoms with Gasteiger partial charge in [-0.2, -0.15) is 0 Å². The molecule has 1 aliphatic rings. The molecule has 2 atom stereocenters. The van der Waals surface area contributed by atoms with Gasteiger partial charge in [0.15, 0.2) is 0 Å². The van der Waals surface area contributed by atoms with Crippen LogP contribution < -0.4 is 5.32 Å². The minimum atomic E-state index is -1.36. The highest BCUT2D eigenvalue weighted by molar-refractivity contribution is 5.98. The van der Waals surface area contributed by atoms with Crippen molar-refractivity contribution in [1.29, 1.82) is 0 Å². The fraction of sp³-hybridized carbons (Fsp3) is 0.250. The largest absolute Gasteiger partial charge is 0.478 e. The average Bonchev–Trinajstić information content (AvgIpc) is 3.25. The molecule has 2 aromatic rings. The number of non-ortho nitro benzene ring substituents is 1. The van der Waals surface area contributed by atoms with Crippen molar-refractivity contribution < 1.29 is 29.5 Å². The smallest absolute Gasteiger partial charge is 0.334 e. The summed E-state index contributed by atoms with van der Waals surface area (Å²) >= 11 is 0. The van der Waals surface area contributed by atoms with Crippen molar-refractivity contribution in [2.45, 2.75) is 25.9 Å². The van der Waals surface area contributed by atoms with Gasteiger partial charge in [-0.05, 0) is 19.4 Å². The van der Waals surface area contributed by atoms with Crippen molar-refractivity contribution in [2.24, 2.45) is 0 Å². The van der Waals surface area contributed by atoms with Crippen molar-refractivity contribution >= 4 is 17.6 Å². The number of carbonyl (C=O) groups is 2. The summed E-state index contributed by atoms with van der Waals surface area (Å²) in [6.07, 6.45) is 2.70. The van der Waals surface area contributed by atoms with Gasteiger partial charge >= 0.3 is 11.9 Å². The number of hydrogen-bond acceptors (Lipinski definition) is 7. The van der Waals surface area contributed by atoms with Crippen LogP contribution in [-0.2, 0) is 14.3 Å². The fourth-order valence-electron chi connectivity index (χ4n) is 3.48. The summed E-state index contributed by atoms with van der Waals surface area (Å²) in [6.45, 7) is 3.06. The molecule has 0 fully saturated rings. The lowest BCUT2D eigenvalue weighted by Gasteiger charge is -2.30. The number of carboxylic acids is 2. The van der Waals surface area contributed by atoms with Gasteiger partial charge in [-0.15, -0.1) is 0 Å². The Bertz CT molecular complexity index is 1090. The number of imidazole rings is 1. The van der Waals surface area contributed by atoms with E-state index >= 15 is 0 Å². The second-order valence-corrected chi connectivity index (χ2v) is 6.88. The molecular weight excluding hydrogens is 408 g/mol. The molecule has 3 rings (SSSR count). The van der Waals surface area contributed by atoms with Crippen molar-refractivity contribution in [2.75, 3.05) is 6.61 Å². The van der Waals surface area contributed by atoms with Gasteiger partial charge in [0, 0.05) is 30.2 Å². The first-order chi connectivity index (χ1) is 14.7. The topological polar surface area (TPSA) is 168 Å². The summed E-state index contributed by atoms with van der Waals surface area (Å²) < 4.78 is 5.74. The van der Waals surface area contributed by atoms with Gasteiger partial charge in [0.05, 0.1) is 34.3 Å². The summed E-state index contributed by atoms with van der Waals surface area (Å²) in [6, 6.07) is 5.28. The predicted octanol–water partition coefficient (Wildman–Crippen LogP) is 2.48. The quantitative estimate of drug-likeness (QED) is 0.364. The molecule has 0 aliphatic carbocycles. The maximum atomic E-state index is 12.2. The first-order valence-electron chi connectivity index (χ1n) is 9.23. The molecule has 1 aliphatic heterocycles. The number of H-pyrrole nitrogens is 1. The zero-order chi connectivity index (χ0) is 22.7. The van der Waals surface area contributed by atoms with Crippen LogP contribution in [0.25, 0.3) is 0 Å². The van der Waals surface area contributed by atoms with Crippen LogP contribution in [0, 0.1) is 10.1 Å². The van der Waals surface area contributed by atoms with E-state index in [-0.39, 0.29) is 40.4 Å². The van der Waals surface area contributed by atoms with Crippen molar-refractivity contribution in [3.8, 4) is 0 Å². The lowest BCUT2D eigenvalue weighted by atomic mass is 9.80. The van der Waals surface area contributed by atoms with Crippen LogP contribution in [0.2, 0.25) is 0 Å². The van der Waals surface area contributed by atoms with Crippen molar-refractivity contribution in [3.05, 3.63) is 80.7 Å². The zero-order valence-corrected chi connectivity index (χ0v) is 16.7. The number of aromatic nitrogens is 2. The van der Waals surface area contributed by atoms with E-state index in [1.54, 1.807) is 19.3 Å². The summed E-state index contributed by atoms with van der Waals surface area (Å²) in [7, 11) is 0. The number of nitro benzene ring substituents is 1. The van der Waals surface area contributed by atoms with E-state index in [1.807, 2.05) is 0 Å². The molecule has 2 unspecified atom stereocenters.